The maximum absolute atomic E-state index is 13.8. The highest BCUT2D eigenvalue weighted by molar-refractivity contribution is 5.90. The van der Waals surface area contributed by atoms with Crippen LogP contribution >= 0.6 is 0 Å². The second kappa shape index (κ2) is 7.99. The highest BCUT2D eigenvalue weighted by Gasteiger charge is 2.09. The number of ether oxygens (including phenoxy) is 1. The molecule has 0 fully saturated rings. The first kappa shape index (κ1) is 18.5. The quantitative estimate of drug-likeness (QED) is 0.453. The van der Waals surface area contributed by atoms with Crippen molar-refractivity contribution in [1.29, 1.82) is 5.26 Å². The van der Waals surface area contributed by atoms with Crippen LogP contribution in [0.4, 0.5) is 4.39 Å². The number of aromatic amines is 1. The summed E-state index contributed by atoms with van der Waals surface area (Å²) in [6.07, 6.45) is 1.75. The fourth-order valence-corrected chi connectivity index (χ4v) is 3.04. The molecular formula is C24H18FN3O. The van der Waals surface area contributed by atoms with Gasteiger partial charge in [0.15, 0.2) is 0 Å². The number of nitrogens with one attached hydrogen (secondary N) is 1. The first-order chi connectivity index (χ1) is 14.1. The molecular weight excluding hydrogens is 365 g/mol. The van der Waals surface area contributed by atoms with Gasteiger partial charge in [-0.2, -0.15) is 5.26 Å². The SMILES string of the molecule is Cc1ccc2nc(C(C#N)=Cc3cccc(OCc4ccccc4F)c3)[nH]c2c1. The molecule has 0 saturated heterocycles. The van der Waals surface area contributed by atoms with E-state index in [0.29, 0.717) is 22.7 Å². The number of aryl methyl sites for hydroxylation is 1. The Morgan fingerprint density at radius 2 is 2.00 bits per heavy atom. The predicted octanol–water partition coefficient (Wildman–Crippen LogP) is 5.65. The molecule has 4 aromatic rings. The van der Waals surface area contributed by atoms with Gasteiger partial charge in [-0.25, -0.2) is 9.37 Å². The van der Waals surface area contributed by atoms with Crippen LogP contribution in [0.15, 0.2) is 66.7 Å². The Bertz CT molecular complexity index is 1250. The highest BCUT2D eigenvalue weighted by Crippen LogP contribution is 2.22. The highest BCUT2D eigenvalue weighted by atomic mass is 19.1. The monoisotopic (exact) mass is 383 g/mol. The summed E-state index contributed by atoms with van der Waals surface area (Å²) >= 11 is 0. The van der Waals surface area contributed by atoms with Gasteiger partial charge in [0, 0.05) is 5.56 Å². The number of benzene rings is 3. The van der Waals surface area contributed by atoms with E-state index in [1.54, 1.807) is 30.3 Å². The lowest BCUT2D eigenvalue weighted by atomic mass is 10.1. The number of fused-ring (bicyclic) bond motifs is 1. The fraction of sp³-hybridized carbons (Fsp3) is 0.0833. The molecule has 0 spiro atoms. The van der Waals surface area contributed by atoms with E-state index >= 15 is 0 Å². The standard InChI is InChI=1S/C24H18FN3O/c1-16-9-10-22-23(11-16)28-24(27-22)19(14-26)12-17-5-4-7-20(13-17)29-15-18-6-2-3-8-21(18)25/h2-13H,15H2,1H3,(H,27,28). The van der Waals surface area contributed by atoms with Gasteiger partial charge in [0.1, 0.15) is 30.1 Å². The average Bonchev–Trinajstić information content (AvgIpc) is 3.14. The van der Waals surface area contributed by atoms with E-state index in [2.05, 4.69) is 16.0 Å². The van der Waals surface area contributed by atoms with Gasteiger partial charge < -0.3 is 9.72 Å². The van der Waals surface area contributed by atoms with Gasteiger partial charge in [-0.1, -0.05) is 36.4 Å². The number of H-pyrrole nitrogens is 1. The lowest BCUT2D eigenvalue weighted by molar-refractivity contribution is 0.300. The molecule has 0 saturated carbocycles. The van der Waals surface area contributed by atoms with Crippen molar-refractivity contribution in [2.75, 3.05) is 0 Å². The Hall–Kier alpha value is -3.91. The van der Waals surface area contributed by atoms with Gasteiger partial charge in [-0.15, -0.1) is 0 Å². The molecule has 5 heteroatoms. The van der Waals surface area contributed by atoms with Crippen molar-refractivity contribution in [3.63, 3.8) is 0 Å². The first-order valence-corrected chi connectivity index (χ1v) is 9.17. The second-order valence-corrected chi connectivity index (χ2v) is 6.73. The van der Waals surface area contributed by atoms with Crippen LogP contribution in [0.2, 0.25) is 0 Å². The number of halogens is 1. The van der Waals surface area contributed by atoms with Gasteiger partial charge in [0.2, 0.25) is 0 Å². The third-order valence-electron chi connectivity index (χ3n) is 4.53. The molecule has 4 nitrogen and oxygen atoms in total. The van der Waals surface area contributed by atoms with Crippen molar-refractivity contribution in [3.8, 4) is 11.8 Å². The summed E-state index contributed by atoms with van der Waals surface area (Å²) in [5.74, 6) is 0.820. The molecule has 0 aliphatic rings. The van der Waals surface area contributed by atoms with Crippen LogP contribution in [-0.2, 0) is 6.61 Å². The summed E-state index contributed by atoms with van der Waals surface area (Å²) in [7, 11) is 0. The molecule has 0 amide bonds. The summed E-state index contributed by atoms with van der Waals surface area (Å²) in [5, 5.41) is 9.62. The van der Waals surface area contributed by atoms with Crippen LogP contribution in [0.5, 0.6) is 5.75 Å². The molecule has 0 atom stereocenters. The Balaban J connectivity index is 1.58. The molecule has 1 N–H and O–H groups in total. The zero-order chi connectivity index (χ0) is 20.2. The Labute approximate surface area is 167 Å². The van der Waals surface area contributed by atoms with Crippen molar-refractivity contribution < 1.29 is 9.13 Å². The van der Waals surface area contributed by atoms with Crippen LogP contribution in [-0.4, -0.2) is 9.97 Å². The van der Waals surface area contributed by atoms with E-state index in [1.165, 1.54) is 6.07 Å². The van der Waals surface area contributed by atoms with Crippen LogP contribution in [0.1, 0.15) is 22.5 Å². The van der Waals surface area contributed by atoms with Crippen molar-refractivity contribution in [2.45, 2.75) is 13.5 Å². The molecule has 0 aliphatic carbocycles. The molecule has 142 valence electrons. The molecule has 1 heterocycles. The normalized spacial score (nSPS) is 11.4. The van der Waals surface area contributed by atoms with E-state index in [1.807, 2.05) is 43.3 Å². The van der Waals surface area contributed by atoms with Gasteiger partial charge in [-0.3, -0.25) is 0 Å². The Morgan fingerprint density at radius 3 is 2.83 bits per heavy atom. The predicted molar refractivity (Wildman–Crippen MR) is 111 cm³/mol. The largest absolute Gasteiger partial charge is 0.489 e. The second-order valence-electron chi connectivity index (χ2n) is 6.73. The minimum absolute atomic E-state index is 0.133. The fourth-order valence-electron chi connectivity index (χ4n) is 3.04. The zero-order valence-corrected chi connectivity index (χ0v) is 15.8. The molecule has 0 unspecified atom stereocenters. The molecule has 4 rings (SSSR count). The molecule has 0 aliphatic heterocycles. The third-order valence-corrected chi connectivity index (χ3v) is 4.53. The summed E-state index contributed by atoms with van der Waals surface area (Å²) in [5.41, 5.74) is 4.53. The van der Waals surface area contributed by atoms with Crippen molar-refractivity contribution in [2.24, 2.45) is 0 Å². The number of rotatable bonds is 5. The van der Waals surface area contributed by atoms with Crippen LogP contribution < -0.4 is 4.74 Å². The summed E-state index contributed by atoms with van der Waals surface area (Å²) in [6.45, 7) is 2.14. The van der Waals surface area contributed by atoms with Gasteiger partial charge in [0.05, 0.1) is 16.6 Å². The van der Waals surface area contributed by atoms with Crippen LogP contribution in [0, 0.1) is 24.1 Å². The third kappa shape index (κ3) is 4.17. The van der Waals surface area contributed by atoms with Crippen LogP contribution in [0.3, 0.4) is 0 Å². The van der Waals surface area contributed by atoms with Crippen LogP contribution in [0.25, 0.3) is 22.7 Å². The maximum atomic E-state index is 13.8. The number of hydrogen-bond acceptors (Lipinski definition) is 3. The lowest BCUT2D eigenvalue weighted by Gasteiger charge is -2.08. The Morgan fingerprint density at radius 1 is 1.14 bits per heavy atom. The smallest absolute Gasteiger partial charge is 0.149 e. The van der Waals surface area contributed by atoms with Crippen molar-refractivity contribution in [3.05, 3.63) is 95.1 Å². The van der Waals surface area contributed by atoms with Crippen molar-refractivity contribution in [1.82, 2.24) is 9.97 Å². The number of allylic oxidation sites excluding steroid dienone is 1. The van der Waals surface area contributed by atoms with E-state index in [0.717, 1.165) is 22.2 Å². The number of nitriles is 1. The summed E-state index contributed by atoms with van der Waals surface area (Å²) in [4.78, 5) is 7.71. The number of aromatic nitrogens is 2. The molecule has 3 aromatic carbocycles. The topological polar surface area (TPSA) is 61.7 Å². The van der Waals surface area contributed by atoms with E-state index in [9.17, 15) is 9.65 Å². The zero-order valence-electron chi connectivity index (χ0n) is 15.8. The average molecular weight is 383 g/mol. The maximum Gasteiger partial charge on any atom is 0.149 e. The molecule has 1 aromatic heterocycles. The summed E-state index contributed by atoms with van der Waals surface area (Å²) < 4.78 is 19.5. The van der Waals surface area contributed by atoms with E-state index in [-0.39, 0.29) is 12.4 Å². The Kier molecular flexibility index (Phi) is 5.08. The van der Waals surface area contributed by atoms with Crippen molar-refractivity contribution >= 4 is 22.7 Å². The van der Waals surface area contributed by atoms with E-state index in [4.69, 9.17) is 4.74 Å². The van der Waals surface area contributed by atoms with E-state index < -0.39 is 0 Å². The molecule has 0 radical (unpaired) electrons. The minimum Gasteiger partial charge on any atom is -0.489 e. The minimum atomic E-state index is -0.296. The number of hydrogen-bond donors (Lipinski definition) is 1. The first-order valence-electron chi connectivity index (χ1n) is 9.17. The molecule has 0 bridgehead atoms. The van der Waals surface area contributed by atoms with Gasteiger partial charge in [0.25, 0.3) is 0 Å². The number of nitrogens with zero attached hydrogens (tertiary/aromatic N) is 2. The van der Waals surface area contributed by atoms with Gasteiger partial charge in [-0.05, 0) is 54.5 Å². The molecule has 29 heavy (non-hydrogen) atoms. The summed E-state index contributed by atoms with van der Waals surface area (Å²) in [6, 6.07) is 22.0. The lowest BCUT2D eigenvalue weighted by Crippen LogP contribution is -1.98. The number of imidazole rings is 1. The van der Waals surface area contributed by atoms with Gasteiger partial charge >= 0.3 is 0 Å².